The number of hydrogen-bond acceptors (Lipinski definition) is 4. The first-order valence-electron chi connectivity index (χ1n) is 12.1. The number of rotatable bonds is 4. The zero-order chi connectivity index (χ0) is 21.1. The molecule has 4 fully saturated rings. The summed E-state index contributed by atoms with van der Waals surface area (Å²) < 4.78 is 0. The molecule has 4 saturated carbocycles. The lowest BCUT2D eigenvalue weighted by atomic mass is 9.42. The van der Waals surface area contributed by atoms with Gasteiger partial charge >= 0.3 is 0 Å². The second-order valence-corrected chi connectivity index (χ2v) is 11.8. The molecule has 0 aromatic heterocycles. The van der Waals surface area contributed by atoms with E-state index in [4.69, 9.17) is 22.9 Å². The molecule has 11 atom stereocenters. The molecule has 4 aliphatic rings. The van der Waals surface area contributed by atoms with Crippen LogP contribution < -0.4 is 22.9 Å². The minimum atomic E-state index is -0.187. The molecule has 1 amide bonds. The van der Waals surface area contributed by atoms with Crippen LogP contribution in [0.2, 0.25) is 0 Å². The van der Waals surface area contributed by atoms with E-state index in [1.165, 1.54) is 19.3 Å². The Morgan fingerprint density at radius 3 is 2.45 bits per heavy atom. The van der Waals surface area contributed by atoms with E-state index in [0.29, 0.717) is 53.4 Å². The molecule has 4 aliphatic carbocycles. The largest absolute Gasteiger partial charge is 0.370 e. The highest BCUT2D eigenvalue weighted by Crippen LogP contribution is 2.67. The Kier molecular flexibility index (Phi) is 5.57. The summed E-state index contributed by atoms with van der Waals surface area (Å²) in [4.78, 5) is 11.3. The van der Waals surface area contributed by atoms with Crippen LogP contribution in [0.25, 0.3) is 0 Å². The third kappa shape index (κ3) is 3.27. The van der Waals surface area contributed by atoms with Crippen LogP contribution in [0, 0.1) is 46.3 Å². The maximum Gasteiger partial charge on any atom is 0.217 e. The van der Waals surface area contributed by atoms with Crippen LogP contribution in [0.4, 0.5) is 0 Å². The Balaban J connectivity index is 1.61. The summed E-state index contributed by atoms with van der Waals surface area (Å²) in [5, 5.41) is 0. The van der Waals surface area contributed by atoms with Crippen molar-refractivity contribution in [3.05, 3.63) is 0 Å². The van der Waals surface area contributed by atoms with Crippen molar-refractivity contribution in [1.82, 2.24) is 0 Å². The van der Waals surface area contributed by atoms with Crippen molar-refractivity contribution in [3.63, 3.8) is 0 Å². The van der Waals surface area contributed by atoms with Crippen LogP contribution >= 0.6 is 0 Å². The molecular weight excluding hydrogens is 360 g/mol. The fourth-order valence-corrected chi connectivity index (χ4v) is 8.94. The van der Waals surface area contributed by atoms with Crippen molar-refractivity contribution in [2.75, 3.05) is 0 Å². The van der Waals surface area contributed by atoms with Gasteiger partial charge in [0.05, 0.1) is 0 Å². The molecule has 0 aliphatic heterocycles. The molecule has 0 bridgehead atoms. The smallest absolute Gasteiger partial charge is 0.217 e. The van der Waals surface area contributed by atoms with E-state index < -0.39 is 0 Å². The summed E-state index contributed by atoms with van der Waals surface area (Å²) in [6.45, 7) is 7.29. The van der Waals surface area contributed by atoms with Crippen LogP contribution in [0.5, 0.6) is 0 Å². The fourth-order valence-electron chi connectivity index (χ4n) is 8.94. The molecule has 8 N–H and O–H groups in total. The normalized spacial score (nSPS) is 52.9. The molecule has 5 heteroatoms. The van der Waals surface area contributed by atoms with E-state index in [0.717, 1.165) is 32.1 Å². The Labute approximate surface area is 177 Å². The van der Waals surface area contributed by atoms with Gasteiger partial charge in [-0.3, -0.25) is 4.79 Å². The summed E-state index contributed by atoms with van der Waals surface area (Å²) in [7, 11) is 0. The van der Waals surface area contributed by atoms with Gasteiger partial charge in [-0.2, -0.15) is 0 Å². The number of carbonyl (C=O) groups is 1. The van der Waals surface area contributed by atoms with Gasteiger partial charge in [0.2, 0.25) is 5.91 Å². The number of hydrogen-bond donors (Lipinski definition) is 4. The van der Waals surface area contributed by atoms with Crippen LogP contribution in [-0.2, 0) is 4.79 Å². The van der Waals surface area contributed by atoms with Crippen molar-refractivity contribution in [3.8, 4) is 0 Å². The van der Waals surface area contributed by atoms with Gasteiger partial charge in [-0.15, -0.1) is 0 Å². The minimum absolute atomic E-state index is 0.129. The number of primary amides is 1. The predicted molar refractivity (Wildman–Crippen MR) is 118 cm³/mol. The molecule has 0 spiro atoms. The number of amides is 1. The van der Waals surface area contributed by atoms with Crippen LogP contribution in [0.3, 0.4) is 0 Å². The molecule has 0 saturated heterocycles. The summed E-state index contributed by atoms with van der Waals surface area (Å²) >= 11 is 0. The monoisotopic (exact) mass is 404 g/mol. The van der Waals surface area contributed by atoms with E-state index in [1.807, 2.05) is 0 Å². The fraction of sp³-hybridized carbons (Fsp3) is 0.958. The summed E-state index contributed by atoms with van der Waals surface area (Å²) in [6, 6.07) is 0.844. The van der Waals surface area contributed by atoms with Gasteiger partial charge in [-0.1, -0.05) is 20.8 Å². The van der Waals surface area contributed by atoms with E-state index in [1.54, 1.807) is 0 Å². The van der Waals surface area contributed by atoms with E-state index in [2.05, 4.69) is 20.8 Å². The number of fused-ring (bicyclic) bond motifs is 5. The summed E-state index contributed by atoms with van der Waals surface area (Å²) in [5.74, 6) is 3.36. The highest BCUT2D eigenvalue weighted by molar-refractivity contribution is 5.73. The van der Waals surface area contributed by atoms with Crippen molar-refractivity contribution in [2.24, 2.45) is 69.3 Å². The Morgan fingerprint density at radius 2 is 1.76 bits per heavy atom. The third-order valence-corrected chi connectivity index (χ3v) is 10.6. The lowest BCUT2D eigenvalue weighted by Gasteiger charge is -2.64. The summed E-state index contributed by atoms with van der Waals surface area (Å²) in [5.41, 5.74) is 26.2. The number of nitrogens with two attached hydrogens (primary N) is 4. The van der Waals surface area contributed by atoms with Crippen molar-refractivity contribution in [2.45, 2.75) is 96.7 Å². The van der Waals surface area contributed by atoms with Gasteiger partial charge in [0.1, 0.15) is 0 Å². The van der Waals surface area contributed by atoms with Crippen LogP contribution in [0.15, 0.2) is 0 Å². The van der Waals surface area contributed by atoms with Gasteiger partial charge in [0.15, 0.2) is 0 Å². The van der Waals surface area contributed by atoms with Gasteiger partial charge in [-0.25, -0.2) is 0 Å². The van der Waals surface area contributed by atoms with Gasteiger partial charge < -0.3 is 22.9 Å². The van der Waals surface area contributed by atoms with Crippen molar-refractivity contribution < 1.29 is 4.79 Å². The van der Waals surface area contributed by atoms with Gasteiger partial charge in [0.25, 0.3) is 0 Å². The van der Waals surface area contributed by atoms with E-state index in [9.17, 15) is 4.79 Å². The second-order valence-electron chi connectivity index (χ2n) is 11.8. The zero-order valence-corrected chi connectivity index (χ0v) is 18.8. The predicted octanol–water partition coefficient (Wildman–Crippen LogP) is 2.75. The molecule has 5 nitrogen and oxygen atoms in total. The number of carbonyl (C=O) groups excluding carboxylic acids is 1. The maximum atomic E-state index is 11.3. The Hall–Kier alpha value is -0.650. The van der Waals surface area contributed by atoms with Crippen molar-refractivity contribution in [1.29, 1.82) is 0 Å². The molecule has 4 rings (SSSR count). The molecule has 0 aromatic carbocycles. The SMILES string of the molecule is CC(CCC(N)=O)C1CCC2C3C(CC(N)C12C)C1(C)CC[C@@H](N)CC1C[C@H]3N. The highest BCUT2D eigenvalue weighted by Gasteiger charge is 2.64. The molecule has 0 heterocycles. The second kappa shape index (κ2) is 7.49. The lowest BCUT2D eigenvalue weighted by Crippen LogP contribution is -2.65. The van der Waals surface area contributed by atoms with Crippen LogP contribution in [0.1, 0.15) is 78.6 Å². The van der Waals surface area contributed by atoms with Gasteiger partial charge in [-0.05, 0) is 97.7 Å². The van der Waals surface area contributed by atoms with E-state index >= 15 is 0 Å². The Morgan fingerprint density at radius 1 is 1.03 bits per heavy atom. The zero-order valence-electron chi connectivity index (χ0n) is 18.8. The molecule has 0 radical (unpaired) electrons. The van der Waals surface area contributed by atoms with Crippen LogP contribution in [-0.4, -0.2) is 24.0 Å². The standard InChI is InChI=1S/C24H44N4O/c1-13(4-7-21(28)29)16-5-6-17-22-18(12-20(27)24(16,17)3)23(2)9-8-15(25)10-14(23)11-19(22)26/h13-20,22H,4-12,25-27H2,1-3H3,(H2,28,29)/t13?,14?,15-,16?,17?,18?,19-,20?,22?,23?,24?/m1/s1. The average Bonchev–Trinajstić information content (AvgIpc) is 3.01. The molecule has 9 unspecified atom stereocenters. The first-order valence-corrected chi connectivity index (χ1v) is 12.1. The maximum absolute atomic E-state index is 11.3. The summed E-state index contributed by atoms with van der Waals surface area (Å²) in [6.07, 6.45) is 9.59. The highest BCUT2D eigenvalue weighted by atomic mass is 16.1. The molecular formula is C24H44N4O. The minimum Gasteiger partial charge on any atom is -0.370 e. The van der Waals surface area contributed by atoms with E-state index in [-0.39, 0.29) is 23.4 Å². The Bertz CT molecular complexity index is 640. The first-order chi connectivity index (χ1) is 13.6. The quantitative estimate of drug-likeness (QED) is 0.575. The molecule has 0 aromatic rings. The molecule has 29 heavy (non-hydrogen) atoms. The van der Waals surface area contributed by atoms with Crippen molar-refractivity contribution >= 4 is 5.91 Å². The molecule has 166 valence electrons. The topological polar surface area (TPSA) is 121 Å². The lowest BCUT2D eigenvalue weighted by molar-refractivity contribution is -0.133. The average molecular weight is 405 g/mol. The first kappa shape index (κ1) is 21.6. The van der Waals surface area contributed by atoms with Gasteiger partial charge in [0, 0.05) is 24.5 Å². The third-order valence-electron chi connectivity index (χ3n) is 10.6.